The van der Waals surface area contributed by atoms with Crippen LogP contribution in [-0.2, 0) is 11.2 Å². The van der Waals surface area contributed by atoms with Gasteiger partial charge in [0.2, 0.25) is 5.91 Å². The molecule has 0 bridgehead atoms. The lowest BCUT2D eigenvalue weighted by Crippen LogP contribution is -2.35. The van der Waals surface area contributed by atoms with Crippen molar-refractivity contribution in [3.63, 3.8) is 0 Å². The van der Waals surface area contributed by atoms with Crippen LogP contribution in [0.1, 0.15) is 4.88 Å². The minimum atomic E-state index is -0.341. The molecular weight excluding hydrogens is 304 g/mol. The molecule has 0 saturated carbocycles. The van der Waals surface area contributed by atoms with Gasteiger partial charge in [0.15, 0.2) is 0 Å². The Morgan fingerprint density at radius 2 is 2.41 bits per heavy atom. The summed E-state index contributed by atoms with van der Waals surface area (Å²) in [6.45, 7) is 1.93. The Labute approximate surface area is 113 Å². The van der Waals surface area contributed by atoms with E-state index in [4.69, 9.17) is 0 Å². The van der Waals surface area contributed by atoms with E-state index in [9.17, 15) is 9.90 Å². The third kappa shape index (κ3) is 3.77. The SMILES string of the molecule is O=C(Cc1ccc(Br)s1)NCC1CNCC1O. The molecule has 6 heteroatoms. The number of carbonyl (C=O) groups is 1. The Morgan fingerprint density at radius 1 is 1.59 bits per heavy atom. The summed E-state index contributed by atoms with van der Waals surface area (Å²) >= 11 is 4.94. The number of rotatable bonds is 4. The number of thiophene rings is 1. The van der Waals surface area contributed by atoms with Crippen molar-refractivity contribution in [3.05, 3.63) is 20.8 Å². The van der Waals surface area contributed by atoms with Gasteiger partial charge in [-0.3, -0.25) is 4.79 Å². The Morgan fingerprint density at radius 3 is 3.00 bits per heavy atom. The second kappa shape index (κ2) is 5.95. The van der Waals surface area contributed by atoms with Crippen molar-refractivity contribution < 1.29 is 9.90 Å². The Kier molecular flexibility index (Phi) is 4.55. The van der Waals surface area contributed by atoms with Crippen molar-refractivity contribution in [2.24, 2.45) is 5.92 Å². The van der Waals surface area contributed by atoms with E-state index >= 15 is 0 Å². The average molecular weight is 319 g/mol. The molecular formula is C11H15BrN2O2S. The minimum absolute atomic E-state index is 0.0125. The van der Waals surface area contributed by atoms with Crippen LogP contribution >= 0.6 is 27.3 Å². The largest absolute Gasteiger partial charge is 0.391 e. The number of hydrogen-bond acceptors (Lipinski definition) is 4. The van der Waals surface area contributed by atoms with Crippen LogP contribution in [0.15, 0.2) is 15.9 Å². The normalized spacial score (nSPS) is 23.9. The summed E-state index contributed by atoms with van der Waals surface area (Å²) in [5, 5.41) is 15.5. The van der Waals surface area contributed by atoms with Crippen molar-refractivity contribution >= 4 is 33.2 Å². The Balaban J connectivity index is 1.74. The fourth-order valence-corrected chi connectivity index (χ4v) is 3.32. The topological polar surface area (TPSA) is 61.4 Å². The van der Waals surface area contributed by atoms with Crippen LogP contribution in [0.25, 0.3) is 0 Å². The molecule has 1 aromatic heterocycles. The van der Waals surface area contributed by atoms with Crippen LogP contribution in [0.3, 0.4) is 0 Å². The molecule has 1 fully saturated rings. The van der Waals surface area contributed by atoms with Crippen molar-refractivity contribution in [2.75, 3.05) is 19.6 Å². The highest BCUT2D eigenvalue weighted by Crippen LogP contribution is 2.22. The number of carbonyl (C=O) groups excluding carboxylic acids is 1. The molecule has 0 spiro atoms. The molecule has 0 aromatic carbocycles. The average Bonchev–Trinajstić information content (AvgIpc) is 2.85. The van der Waals surface area contributed by atoms with Crippen LogP contribution in [0.4, 0.5) is 0 Å². The first-order chi connectivity index (χ1) is 8.15. The first kappa shape index (κ1) is 13.0. The predicted molar refractivity (Wildman–Crippen MR) is 71.1 cm³/mol. The van der Waals surface area contributed by atoms with E-state index in [1.54, 1.807) is 11.3 Å². The lowest BCUT2D eigenvalue weighted by Gasteiger charge is -2.13. The van der Waals surface area contributed by atoms with Crippen LogP contribution in [-0.4, -0.2) is 36.8 Å². The molecule has 0 aliphatic carbocycles. The van der Waals surface area contributed by atoms with Crippen molar-refractivity contribution in [1.82, 2.24) is 10.6 Å². The van der Waals surface area contributed by atoms with Gasteiger partial charge in [0.25, 0.3) is 0 Å². The molecule has 1 saturated heterocycles. The van der Waals surface area contributed by atoms with Crippen molar-refractivity contribution in [3.8, 4) is 0 Å². The van der Waals surface area contributed by atoms with Crippen LogP contribution in [0.5, 0.6) is 0 Å². The molecule has 4 nitrogen and oxygen atoms in total. The monoisotopic (exact) mass is 318 g/mol. The Bertz CT molecular complexity index is 397. The second-order valence-electron chi connectivity index (χ2n) is 4.17. The van der Waals surface area contributed by atoms with E-state index in [1.807, 2.05) is 12.1 Å². The number of aliphatic hydroxyl groups is 1. The molecule has 17 heavy (non-hydrogen) atoms. The second-order valence-corrected chi connectivity index (χ2v) is 6.72. The molecule has 94 valence electrons. The molecule has 1 aromatic rings. The third-order valence-electron chi connectivity index (χ3n) is 2.83. The highest BCUT2D eigenvalue weighted by Gasteiger charge is 2.24. The number of aliphatic hydroxyl groups excluding tert-OH is 1. The molecule has 0 radical (unpaired) electrons. The van der Waals surface area contributed by atoms with Gasteiger partial charge in [0.1, 0.15) is 0 Å². The molecule has 1 amide bonds. The quantitative estimate of drug-likeness (QED) is 0.767. The zero-order valence-corrected chi connectivity index (χ0v) is 11.7. The number of β-amino-alcohol motifs (C(OH)–C–C–N with tert-alkyl or cyclic N) is 1. The molecule has 2 unspecified atom stereocenters. The Hall–Kier alpha value is -0.430. The lowest BCUT2D eigenvalue weighted by atomic mass is 10.1. The molecule has 3 N–H and O–H groups in total. The van der Waals surface area contributed by atoms with Gasteiger partial charge in [-0.05, 0) is 28.1 Å². The summed E-state index contributed by atoms with van der Waals surface area (Å²) < 4.78 is 1.04. The predicted octanol–water partition coefficient (Wildman–Crippen LogP) is 0.750. The lowest BCUT2D eigenvalue weighted by molar-refractivity contribution is -0.120. The minimum Gasteiger partial charge on any atom is -0.391 e. The van der Waals surface area contributed by atoms with Gasteiger partial charge in [-0.15, -0.1) is 11.3 Å². The van der Waals surface area contributed by atoms with E-state index in [0.717, 1.165) is 15.2 Å². The van der Waals surface area contributed by atoms with Gasteiger partial charge in [-0.2, -0.15) is 0 Å². The standard InChI is InChI=1S/C11H15BrN2O2S/c12-10-2-1-8(17-10)3-11(16)14-5-7-4-13-6-9(7)15/h1-2,7,9,13,15H,3-6H2,(H,14,16). The zero-order valence-electron chi connectivity index (χ0n) is 9.28. The third-order valence-corrected chi connectivity index (χ3v) is 4.45. The summed E-state index contributed by atoms with van der Waals surface area (Å²) in [7, 11) is 0. The van der Waals surface area contributed by atoms with Gasteiger partial charge in [0.05, 0.1) is 16.3 Å². The number of nitrogens with one attached hydrogen (secondary N) is 2. The smallest absolute Gasteiger partial charge is 0.225 e. The summed E-state index contributed by atoms with van der Waals surface area (Å²) in [4.78, 5) is 12.7. The van der Waals surface area contributed by atoms with Gasteiger partial charge < -0.3 is 15.7 Å². The van der Waals surface area contributed by atoms with Crippen molar-refractivity contribution in [1.29, 1.82) is 0 Å². The number of halogens is 1. The van der Waals surface area contributed by atoms with E-state index in [0.29, 0.717) is 19.5 Å². The summed E-state index contributed by atoms with van der Waals surface area (Å²) in [6, 6.07) is 3.89. The van der Waals surface area contributed by atoms with E-state index < -0.39 is 0 Å². The van der Waals surface area contributed by atoms with Crippen molar-refractivity contribution in [2.45, 2.75) is 12.5 Å². The molecule has 1 aliphatic heterocycles. The number of hydrogen-bond donors (Lipinski definition) is 3. The van der Waals surface area contributed by atoms with Crippen LogP contribution < -0.4 is 10.6 Å². The number of amides is 1. The summed E-state index contributed by atoms with van der Waals surface area (Å²) in [5.41, 5.74) is 0. The summed E-state index contributed by atoms with van der Waals surface area (Å²) in [5.74, 6) is 0.146. The fraction of sp³-hybridized carbons (Fsp3) is 0.545. The first-order valence-corrected chi connectivity index (χ1v) is 7.16. The first-order valence-electron chi connectivity index (χ1n) is 5.55. The van der Waals surface area contributed by atoms with Gasteiger partial charge in [-0.1, -0.05) is 0 Å². The van der Waals surface area contributed by atoms with Gasteiger partial charge >= 0.3 is 0 Å². The highest BCUT2D eigenvalue weighted by molar-refractivity contribution is 9.11. The van der Waals surface area contributed by atoms with E-state index in [2.05, 4.69) is 26.6 Å². The van der Waals surface area contributed by atoms with Crippen LogP contribution in [0, 0.1) is 5.92 Å². The fourth-order valence-electron chi connectivity index (χ4n) is 1.84. The maximum Gasteiger partial charge on any atom is 0.225 e. The molecule has 1 aliphatic rings. The van der Waals surface area contributed by atoms with Gasteiger partial charge in [-0.25, -0.2) is 0 Å². The molecule has 2 heterocycles. The molecule has 2 atom stereocenters. The maximum atomic E-state index is 11.7. The van der Waals surface area contributed by atoms with E-state index in [-0.39, 0.29) is 17.9 Å². The van der Waals surface area contributed by atoms with E-state index in [1.165, 1.54) is 0 Å². The van der Waals surface area contributed by atoms with Crippen LogP contribution in [0.2, 0.25) is 0 Å². The summed E-state index contributed by atoms with van der Waals surface area (Å²) in [6.07, 6.45) is 0.0677. The van der Waals surface area contributed by atoms with Gasteiger partial charge in [0, 0.05) is 30.4 Å². The maximum absolute atomic E-state index is 11.7. The highest BCUT2D eigenvalue weighted by atomic mass is 79.9. The zero-order chi connectivity index (χ0) is 12.3. The molecule has 2 rings (SSSR count).